The number of hydrogen-bond donors (Lipinski definition) is 8. The Labute approximate surface area is 312 Å². The molecule has 1 aliphatic rings. The molecule has 6 amide bonds. The minimum Gasteiger partial charge on any atom is -0.467 e. The summed E-state index contributed by atoms with van der Waals surface area (Å²) in [5, 5.41) is 15.0. The normalized spacial score (nSPS) is 16.1. The lowest BCUT2D eigenvalue weighted by Crippen LogP contribution is -2.63. The monoisotopic (exact) mass is 752 g/mol. The van der Waals surface area contributed by atoms with Gasteiger partial charge in [0.15, 0.2) is 0 Å². The van der Waals surface area contributed by atoms with Gasteiger partial charge < -0.3 is 52.8 Å². The number of hydrogen-bond acceptors (Lipinski definition) is 12. The van der Waals surface area contributed by atoms with Crippen LogP contribution in [0.4, 0.5) is 0 Å². The fourth-order valence-corrected chi connectivity index (χ4v) is 5.55. The van der Waals surface area contributed by atoms with Gasteiger partial charge in [-0.1, -0.05) is 48.5 Å². The number of nitrogens with two attached hydrogens (primary N) is 2. The van der Waals surface area contributed by atoms with E-state index in [1.54, 1.807) is 24.3 Å². The van der Waals surface area contributed by atoms with E-state index in [-0.39, 0.29) is 38.8 Å². The second kappa shape index (κ2) is 21.6. The number of rotatable bonds is 20. The van der Waals surface area contributed by atoms with Crippen LogP contribution >= 0.6 is 0 Å². The molecule has 18 heteroatoms. The van der Waals surface area contributed by atoms with Gasteiger partial charge in [0.1, 0.15) is 24.2 Å². The first kappa shape index (κ1) is 42.5. The van der Waals surface area contributed by atoms with Gasteiger partial charge >= 0.3 is 11.9 Å². The van der Waals surface area contributed by atoms with E-state index in [2.05, 4.69) is 31.9 Å². The average molecular weight is 753 g/mol. The summed E-state index contributed by atoms with van der Waals surface area (Å²) >= 11 is 0. The van der Waals surface area contributed by atoms with Crippen LogP contribution < -0.4 is 43.4 Å². The zero-order chi connectivity index (χ0) is 39.6. The molecule has 1 fully saturated rings. The first-order valence-corrected chi connectivity index (χ1v) is 17.3. The first-order chi connectivity index (χ1) is 25.8. The minimum atomic E-state index is -1.22. The van der Waals surface area contributed by atoms with Crippen LogP contribution in [0.2, 0.25) is 0 Å². The van der Waals surface area contributed by atoms with Crippen LogP contribution in [0.5, 0.6) is 0 Å². The van der Waals surface area contributed by atoms with E-state index in [4.69, 9.17) is 20.9 Å². The van der Waals surface area contributed by atoms with Crippen LogP contribution in [0.3, 0.4) is 0 Å². The van der Waals surface area contributed by atoms with E-state index < -0.39 is 84.4 Å². The Morgan fingerprint density at radius 2 is 1.00 bits per heavy atom. The number of amides is 6. The highest BCUT2D eigenvalue weighted by Gasteiger charge is 2.36. The van der Waals surface area contributed by atoms with Gasteiger partial charge in [-0.2, -0.15) is 0 Å². The van der Waals surface area contributed by atoms with Crippen molar-refractivity contribution in [2.75, 3.05) is 27.3 Å². The molecular weight excluding hydrogens is 704 g/mol. The Balaban J connectivity index is 1.37. The molecule has 2 unspecified atom stereocenters. The number of carbonyl (C=O) groups excluding carboxylic acids is 8. The average Bonchev–Trinajstić information content (AvgIpc) is 3.15. The molecule has 4 atom stereocenters. The van der Waals surface area contributed by atoms with Crippen molar-refractivity contribution in [3.8, 4) is 0 Å². The largest absolute Gasteiger partial charge is 0.467 e. The van der Waals surface area contributed by atoms with Gasteiger partial charge in [-0.3, -0.25) is 28.8 Å². The maximum atomic E-state index is 12.7. The zero-order valence-corrected chi connectivity index (χ0v) is 30.2. The summed E-state index contributed by atoms with van der Waals surface area (Å²) < 4.78 is 9.62. The Kier molecular flexibility index (Phi) is 17.0. The molecule has 54 heavy (non-hydrogen) atoms. The number of nitrogens with one attached hydrogen (secondary N) is 6. The molecule has 0 radical (unpaired) electrons. The Morgan fingerprint density at radius 3 is 1.35 bits per heavy atom. The highest BCUT2D eigenvalue weighted by atomic mass is 16.5. The summed E-state index contributed by atoms with van der Waals surface area (Å²) in [6, 6.07) is 10.1. The van der Waals surface area contributed by atoms with Gasteiger partial charge in [-0.25, -0.2) is 9.59 Å². The second-order valence-electron chi connectivity index (χ2n) is 12.5. The second-order valence-corrected chi connectivity index (χ2v) is 12.5. The summed E-state index contributed by atoms with van der Waals surface area (Å²) in [7, 11) is 2.41. The van der Waals surface area contributed by atoms with E-state index >= 15 is 0 Å². The van der Waals surface area contributed by atoms with Crippen molar-refractivity contribution in [3.05, 3.63) is 70.8 Å². The van der Waals surface area contributed by atoms with Gasteiger partial charge in [0.05, 0.1) is 27.1 Å². The molecule has 0 spiro atoms. The van der Waals surface area contributed by atoms with Crippen molar-refractivity contribution < 1.29 is 47.8 Å². The third-order valence-electron chi connectivity index (χ3n) is 8.37. The molecule has 0 bridgehead atoms. The van der Waals surface area contributed by atoms with E-state index in [0.717, 1.165) is 22.3 Å². The topological polar surface area (TPSA) is 279 Å². The number of esters is 2. The van der Waals surface area contributed by atoms with Crippen molar-refractivity contribution >= 4 is 47.4 Å². The quantitative estimate of drug-likeness (QED) is 0.0651. The number of ether oxygens (including phenoxy) is 2. The van der Waals surface area contributed by atoms with Gasteiger partial charge in [0, 0.05) is 51.9 Å². The van der Waals surface area contributed by atoms with Gasteiger partial charge in [-0.15, -0.1) is 0 Å². The van der Waals surface area contributed by atoms with E-state index in [0.29, 0.717) is 13.1 Å². The Bertz CT molecular complexity index is 1560. The summed E-state index contributed by atoms with van der Waals surface area (Å²) in [5.74, 6) is -4.97. The van der Waals surface area contributed by atoms with Gasteiger partial charge in [0.25, 0.3) is 0 Å². The van der Waals surface area contributed by atoms with Crippen LogP contribution in [0, 0.1) is 0 Å². The Morgan fingerprint density at radius 1 is 0.630 bits per heavy atom. The summed E-state index contributed by atoms with van der Waals surface area (Å²) in [6.07, 6.45) is -0.888. The molecule has 1 saturated heterocycles. The van der Waals surface area contributed by atoms with Gasteiger partial charge in [-0.05, 0) is 22.3 Å². The van der Waals surface area contributed by atoms with Gasteiger partial charge in [0.2, 0.25) is 35.4 Å². The molecule has 0 aromatic heterocycles. The van der Waals surface area contributed by atoms with Crippen molar-refractivity contribution in [2.24, 2.45) is 11.5 Å². The summed E-state index contributed by atoms with van der Waals surface area (Å²) in [5.41, 5.74) is 14.6. The molecule has 3 rings (SSSR count). The van der Waals surface area contributed by atoms with Crippen LogP contribution in [-0.2, 0) is 73.8 Å². The number of piperazine rings is 1. The zero-order valence-electron chi connectivity index (χ0n) is 30.2. The fraction of sp³-hybridized carbons (Fsp3) is 0.444. The number of benzene rings is 2. The number of methoxy groups -OCH3 is 2. The predicted molar refractivity (Wildman–Crippen MR) is 192 cm³/mol. The standard InChI is InChI=1S/C36H48N8O10/c1-53-35(51)27(15-21-5-3-7-23(13-21)19-37)41-29(45)9-11-39-31(47)17-25-33(49)44-26(34(50)43-25)18-32(48)40-12-10-30(46)42-28(36(52)54-2)16-22-6-4-8-24(14-22)20-38/h3-8,13-14,25-28H,9-12,15-20,37-38H2,1-2H3,(H,39,47)(H,40,48)(H,41,45)(H,42,46)(H,43,50)(H,44,49)/t25-,26+,27?,28?. The SMILES string of the molecule is COC(=O)C(Cc1cccc(CN)c1)NC(=O)CCNC(=O)C[C@@H]1NC(=O)[C@@H](CC(=O)NCCC(=O)NC(Cc2cccc(CN)c2)C(=O)OC)NC1=O. The van der Waals surface area contributed by atoms with Crippen molar-refractivity contribution in [2.45, 2.75) is 75.8 Å². The molecular formula is C36H48N8O10. The summed E-state index contributed by atoms with van der Waals surface area (Å²) in [4.78, 5) is 100. The minimum absolute atomic E-state index is 0.115. The third kappa shape index (κ3) is 13.9. The van der Waals surface area contributed by atoms with Crippen molar-refractivity contribution in [1.29, 1.82) is 0 Å². The Hall–Kier alpha value is -5.88. The fourth-order valence-electron chi connectivity index (χ4n) is 5.55. The van der Waals surface area contributed by atoms with Crippen molar-refractivity contribution in [1.82, 2.24) is 31.9 Å². The predicted octanol–water partition coefficient (Wildman–Crippen LogP) is -2.52. The molecule has 0 aliphatic carbocycles. The maximum absolute atomic E-state index is 12.7. The highest BCUT2D eigenvalue weighted by Crippen LogP contribution is 2.11. The first-order valence-electron chi connectivity index (χ1n) is 17.3. The van der Waals surface area contributed by atoms with Crippen LogP contribution in [-0.4, -0.2) is 98.9 Å². The maximum Gasteiger partial charge on any atom is 0.328 e. The van der Waals surface area contributed by atoms with E-state index in [1.807, 2.05) is 24.3 Å². The highest BCUT2D eigenvalue weighted by molar-refractivity contribution is 6.01. The lowest BCUT2D eigenvalue weighted by molar-refractivity contribution is -0.145. The van der Waals surface area contributed by atoms with Crippen molar-refractivity contribution in [3.63, 3.8) is 0 Å². The molecule has 10 N–H and O–H groups in total. The molecule has 1 aliphatic heterocycles. The molecule has 292 valence electrons. The molecule has 0 saturated carbocycles. The van der Waals surface area contributed by atoms with Crippen LogP contribution in [0.1, 0.15) is 47.9 Å². The smallest absolute Gasteiger partial charge is 0.328 e. The van der Waals surface area contributed by atoms with E-state index in [1.165, 1.54) is 14.2 Å². The lowest BCUT2D eigenvalue weighted by atomic mass is 10.0. The molecule has 1 heterocycles. The molecule has 2 aromatic carbocycles. The summed E-state index contributed by atoms with van der Waals surface area (Å²) in [6.45, 7) is 0.395. The molecule has 2 aromatic rings. The third-order valence-corrected chi connectivity index (χ3v) is 8.37. The lowest BCUT2D eigenvalue weighted by Gasteiger charge is -2.29. The van der Waals surface area contributed by atoms with Crippen LogP contribution in [0.25, 0.3) is 0 Å². The molecule has 18 nitrogen and oxygen atoms in total. The number of carbonyl (C=O) groups is 8. The van der Waals surface area contributed by atoms with Crippen LogP contribution in [0.15, 0.2) is 48.5 Å². The van der Waals surface area contributed by atoms with E-state index in [9.17, 15) is 38.4 Å².